The molecule has 118 valence electrons. The topological polar surface area (TPSA) is 58.9 Å². The highest BCUT2D eigenvalue weighted by atomic mass is 19.1. The lowest BCUT2D eigenvalue weighted by Gasteiger charge is -2.19. The van der Waals surface area contributed by atoms with Gasteiger partial charge in [-0.15, -0.1) is 0 Å². The minimum Gasteiger partial charge on any atom is -0.380 e. The zero-order chi connectivity index (χ0) is 15.8. The Hall–Kier alpha value is -2.70. The van der Waals surface area contributed by atoms with Gasteiger partial charge in [-0.25, -0.2) is 14.4 Å². The summed E-state index contributed by atoms with van der Waals surface area (Å²) in [4.78, 5) is 10.5. The van der Waals surface area contributed by atoms with E-state index in [-0.39, 0.29) is 11.9 Å². The molecule has 1 fully saturated rings. The molecule has 23 heavy (non-hydrogen) atoms. The molecule has 3 aromatic heterocycles. The van der Waals surface area contributed by atoms with E-state index in [9.17, 15) is 4.39 Å². The molecule has 4 rings (SSSR count). The molecule has 1 N–H and O–H groups in total. The van der Waals surface area contributed by atoms with E-state index in [0.717, 1.165) is 36.2 Å². The lowest BCUT2D eigenvalue weighted by atomic mass is 10.2. The molecule has 0 aliphatic carbocycles. The highest BCUT2D eigenvalue weighted by molar-refractivity contribution is 5.88. The smallest absolute Gasteiger partial charge is 0.165 e. The van der Waals surface area contributed by atoms with Gasteiger partial charge >= 0.3 is 0 Å². The van der Waals surface area contributed by atoms with Crippen molar-refractivity contribution in [2.24, 2.45) is 7.05 Å². The van der Waals surface area contributed by atoms with E-state index in [2.05, 4.69) is 20.4 Å². The highest BCUT2D eigenvalue weighted by Crippen LogP contribution is 2.26. The van der Waals surface area contributed by atoms with Crippen LogP contribution in [0.15, 0.2) is 36.8 Å². The van der Waals surface area contributed by atoms with Crippen LogP contribution in [0.5, 0.6) is 0 Å². The summed E-state index contributed by atoms with van der Waals surface area (Å²) in [6, 6.07) is 5.25. The van der Waals surface area contributed by atoms with Gasteiger partial charge in [-0.1, -0.05) is 0 Å². The standard InChI is InChI=1S/C16H17FN6/c1-22-15-12(9-20-22)14(4-7-19-15)21-11-5-8-23(10-11)16-13(17)3-2-6-18-16/h2-4,6-7,9,11H,5,8,10H2,1H3,(H,19,21). The number of halogens is 1. The first-order valence-electron chi connectivity index (χ1n) is 7.61. The summed E-state index contributed by atoms with van der Waals surface area (Å²) < 4.78 is 15.6. The number of hydrogen-bond acceptors (Lipinski definition) is 5. The first-order valence-corrected chi connectivity index (χ1v) is 7.61. The monoisotopic (exact) mass is 312 g/mol. The van der Waals surface area contributed by atoms with Crippen molar-refractivity contribution in [3.05, 3.63) is 42.6 Å². The Morgan fingerprint density at radius 3 is 3.04 bits per heavy atom. The van der Waals surface area contributed by atoms with Crippen molar-refractivity contribution >= 4 is 22.5 Å². The van der Waals surface area contributed by atoms with Gasteiger partial charge in [-0.2, -0.15) is 5.10 Å². The fourth-order valence-electron chi connectivity index (χ4n) is 3.07. The van der Waals surface area contributed by atoms with Crippen LogP contribution in [0, 0.1) is 5.82 Å². The van der Waals surface area contributed by atoms with E-state index >= 15 is 0 Å². The van der Waals surface area contributed by atoms with Crippen LogP contribution in [0.2, 0.25) is 0 Å². The molecule has 1 unspecified atom stereocenters. The number of fused-ring (bicyclic) bond motifs is 1. The molecule has 0 radical (unpaired) electrons. The Kier molecular flexibility index (Phi) is 3.33. The van der Waals surface area contributed by atoms with E-state index in [1.807, 2.05) is 24.2 Å². The van der Waals surface area contributed by atoms with Crippen LogP contribution in [0.4, 0.5) is 15.9 Å². The number of nitrogens with zero attached hydrogens (tertiary/aromatic N) is 5. The number of hydrogen-bond donors (Lipinski definition) is 1. The number of pyridine rings is 2. The fourth-order valence-corrected chi connectivity index (χ4v) is 3.07. The predicted molar refractivity (Wildman–Crippen MR) is 86.9 cm³/mol. The highest BCUT2D eigenvalue weighted by Gasteiger charge is 2.25. The van der Waals surface area contributed by atoms with Crippen molar-refractivity contribution in [2.75, 3.05) is 23.3 Å². The maximum atomic E-state index is 13.9. The van der Waals surface area contributed by atoms with Crippen molar-refractivity contribution in [3.8, 4) is 0 Å². The maximum absolute atomic E-state index is 13.9. The van der Waals surface area contributed by atoms with Crippen LogP contribution in [0.3, 0.4) is 0 Å². The molecule has 0 bridgehead atoms. The molecule has 0 amide bonds. The van der Waals surface area contributed by atoms with Gasteiger partial charge in [0, 0.05) is 44.3 Å². The van der Waals surface area contributed by atoms with E-state index in [4.69, 9.17) is 0 Å². The molecule has 1 aliphatic rings. The molecule has 6 nitrogen and oxygen atoms in total. The van der Waals surface area contributed by atoms with E-state index in [1.54, 1.807) is 23.1 Å². The zero-order valence-electron chi connectivity index (χ0n) is 12.8. The summed E-state index contributed by atoms with van der Waals surface area (Å²) in [6.45, 7) is 1.50. The van der Waals surface area contributed by atoms with Gasteiger partial charge < -0.3 is 10.2 Å². The zero-order valence-corrected chi connectivity index (χ0v) is 12.8. The van der Waals surface area contributed by atoms with E-state index < -0.39 is 0 Å². The second-order valence-electron chi connectivity index (χ2n) is 5.75. The molecule has 1 atom stereocenters. The first kappa shape index (κ1) is 13.9. The molecule has 7 heteroatoms. The molecular weight excluding hydrogens is 295 g/mol. The summed E-state index contributed by atoms with van der Waals surface area (Å²) in [5, 5.41) is 8.78. The van der Waals surface area contributed by atoms with Gasteiger partial charge in [0.1, 0.15) is 0 Å². The van der Waals surface area contributed by atoms with Crippen molar-refractivity contribution in [1.82, 2.24) is 19.7 Å². The van der Waals surface area contributed by atoms with Crippen LogP contribution in [0.1, 0.15) is 6.42 Å². The summed E-state index contributed by atoms with van der Waals surface area (Å²) in [5.41, 5.74) is 1.86. The predicted octanol–water partition coefficient (Wildman–Crippen LogP) is 2.19. The molecule has 1 aliphatic heterocycles. The lowest BCUT2D eigenvalue weighted by molar-refractivity contribution is 0.615. The Bertz CT molecular complexity index is 845. The van der Waals surface area contributed by atoms with Gasteiger partial charge in [0.2, 0.25) is 0 Å². The number of anilines is 2. The van der Waals surface area contributed by atoms with Crippen LogP contribution < -0.4 is 10.2 Å². The van der Waals surface area contributed by atoms with Gasteiger partial charge in [0.25, 0.3) is 0 Å². The number of aromatic nitrogens is 4. The second kappa shape index (κ2) is 5.49. The van der Waals surface area contributed by atoms with Crippen molar-refractivity contribution in [2.45, 2.75) is 12.5 Å². The van der Waals surface area contributed by atoms with Crippen molar-refractivity contribution in [3.63, 3.8) is 0 Å². The summed E-state index contributed by atoms with van der Waals surface area (Å²) in [7, 11) is 1.88. The third kappa shape index (κ3) is 2.48. The molecule has 3 aromatic rings. The third-order valence-electron chi connectivity index (χ3n) is 4.22. The van der Waals surface area contributed by atoms with Gasteiger partial charge in [-0.3, -0.25) is 4.68 Å². The number of rotatable bonds is 3. The number of aryl methyl sites for hydroxylation is 1. The quantitative estimate of drug-likeness (QED) is 0.803. The number of nitrogens with one attached hydrogen (secondary N) is 1. The van der Waals surface area contributed by atoms with E-state index in [1.165, 1.54) is 6.07 Å². The summed E-state index contributed by atoms with van der Waals surface area (Å²) >= 11 is 0. The molecule has 1 saturated heterocycles. The Morgan fingerprint density at radius 2 is 2.17 bits per heavy atom. The average molecular weight is 312 g/mol. The third-order valence-corrected chi connectivity index (χ3v) is 4.22. The Balaban J connectivity index is 1.53. The minimum atomic E-state index is -0.272. The van der Waals surface area contributed by atoms with Crippen LogP contribution in [-0.4, -0.2) is 38.9 Å². The minimum absolute atomic E-state index is 0.238. The SMILES string of the molecule is Cn1ncc2c(NC3CCN(c4ncccc4F)C3)ccnc21. The van der Waals surface area contributed by atoms with Crippen molar-refractivity contribution in [1.29, 1.82) is 0 Å². The van der Waals surface area contributed by atoms with Crippen molar-refractivity contribution < 1.29 is 4.39 Å². The van der Waals surface area contributed by atoms with E-state index in [0.29, 0.717) is 5.82 Å². The first-order chi connectivity index (χ1) is 11.2. The largest absolute Gasteiger partial charge is 0.380 e. The van der Waals surface area contributed by atoms with Crippen LogP contribution >= 0.6 is 0 Å². The Morgan fingerprint density at radius 1 is 1.26 bits per heavy atom. The second-order valence-corrected chi connectivity index (χ2v) is 5.75. The average Bonchev–Trinajstić information content (AvgIpc) is 3.16. The lowest BCUT2D eigenvalue weighted by Crippen LogP contribution is -2.27. The summed E-state index contributed by atoms with van der Waals surface area (Å²) in [6.07, 6.45) is 6.15. The van der Waals surface area contributed by atoms with Crippen LogP contribution in [-0.2, 0) is 7.05 Å². The molecule has 0 spiro atoms. The normalized spacial score (nSPS) is 17.8. The molecular formula is C16H17FN6. The molecule has 4 heterocycles. The summed E-state index contributed by atoms with van der Waals surface area (Å²) in [5.74, 6) is 0.157. The van der Waals surface area contributed by atoms with Gasteiger partial charge in [0.15, 0.2) is 17.3 Å². The van der Waals surface area contributed by atoms with Gasteiger partial charge in [-0.05, 0) is 24.6 Å². The molecule has 0 aromatic carbocycles. The molecule has 0 saturated carbocycles. The fraction of sp³-hybridized carbons (Fsp3) is 0.312. The van der Waals surface area contributed by atoms with Gasteiger partial charge in [0.05, 0.1) is 11.6 Å². The Labute approximate surface area is 133 Å². The van der Waals surface area contributed by atoms with Crippen LogP contribution in [0.25, 0.3) is 11.0 Å². The maximum Gasteiger partial charge on any atom is 0.165 e.